The second-order valence-electron chi connectivity index (χ2n) is 1.82. The van der Waals surface area contributed by atoms with Crippen molar-refractivity contribution in [2.45, 2.75) is 0 Å². The van der Waals surface area contributed by atoms with Crippen LogP contribution in [0.5, 0.6) is 0 Å². The normalized spacial score (nSPS) is 8.92. The standard InChI is InChI=1S/C6H7ClN2.2ClH.Pt/c7-4-1-2-5(8)6(9)3-4;;;/h1-3H,8-9H2;2*1H;/q;;;+2/p-2. The number of nitrogen functional groups attached to an aromatic ring is 2. The van der Waals surface area contributed by atoms with Gasteiger partial charge in [0, 0.05) is 5.02 Å². The maximum atomic E-state index is 5.58. The first-order valence-electron chi connectivity index (χ1n) is 2.74. The summed E-state index contributed by atoms with van der Waals surface area (Å²) < 4.78 is 0. The molecule has 0 aromatic heterocycles. The zero-order valence-corrected chi connectivity index (χ0v) is 10.4. The molecule has 4 N–H and O–H groups in total. The van der Waals surface area contributed by atoms with Crippen molar-refractivity contribution >= 4 is 41.8 Å². The van der Waals surface area contributed by atoms with Crippen molar-refractivity contribution in [1.29, 1.82) is 0 Å². The van der Waals surface area contributed by atoms with Crippen molar-refractivity contribution in [2.24, 2.45) is 0 Å². The Morgan fingerprint density at radius 1 is 1.08 bits per heavy atom. The van der Waals surface area contributed by atoms with Gasteiger partial charge in [-0.3, -0.25) is 0 Å². The Bertz CT molecular complexity index is 244. The Hall–Kier alpha value is 0.378. The average molecular weight is 409 g/mol. The molecule has 0 saturated heterocycles. The second kappa shape index (κ2) is 6.85. The van der Waals surface area contributed by atoms with Crippen LogP contribution in [0.2, 0.25) is 5.02 Å². The van der Waals surface area contributed by atoms with Crippen LogP contribution in [0.15, 0.2) is 18.2 Å². The van der Waals surface area contributed by atoms with Crippen LogP contribution in [-0.2, 0) is 16.5 Å². The molecule has 0 amide bonds. The van der Waals surface area contributed by atoms with Crippen molar-refractivity contribution in [3.05, 3.63) is 23.2 Å². The molecular formula is C6H7Cl3N2Pt. The van der Waals surface area contributed by atoms with Crippen molar-refractivity contribution in [3.8, 4) is 0 Å². The molecule has 6 heteroatoms. The maximum absolute atomic E-state index is 5.58. The summed E-state index contributed by atoms with van der Waals surface area (Å²) in [7, 11) is 9.75. The zero-order chi connectivity index (χ0) is 9.56. The van der Waals surface area contributed by atoms with E-state index in [1.54, 1.807) is 18.2 Å². The number of anilines is 2. The van der Waals surface area contributed by atoms with Gasteiger partial charge in [-0.15, -0.1) is 0 Å². The number of benzene rings is 1. The third-order valence-electron chi connectivity index (χ3n) is 1.05. The molecule has 0 bridgehead atoms. The fraction of sp³-hybridized carbons (Fsp3) is 0. The first kappa shape index (κ1) is 12.4. The van der Waals surface area contributed by atoms with Crippen LogP contribution in [0.25, 0.3) is 0 Å². The van der Waals surface area contributed by atoms with E-state index in [-0.39, 0.29) is 0 Å². The summed E-state index contributed by atoms with van der Waals surface area (Å²) in [6.45, 7) is 0. The molecule has 0 fully saturated rings. The topological polar surface area (TPSA) is 52.0 Å². The first-order chi connectivity index (χ1) is 5.61. The van der Waals surface area contributed by atoms with Gasteiger partial charge in [-0.2, -0.15) is 0 Å². The number of rotatable bonds is 0. The minimum absolute atomic E-state index is 0.472. The summed E-state index contributed by atoms with van der Waals surface area (Å²) in [4.78, 5) is 0. The fourth-order valence-electron chi connectivity index (χ4n) is 0.546. The summed E-state index contributed by atoms with van der Waals surface area (Å²) in [6, 6.07) is 5.00. The van der Waals surface area contributed by atoms with Gasteiger partial charge in [0.05, 0.1) is 11.4 Å². The molecule has 0 aliphatic rings. The van der Waals surface area contributed by atoms with E-state index >= 15 is 0 Å². The predicted molar refractivity (Wildman–Crippen MR) is 52.0 cm³/mol. The molecule has 0 saturated carbocycles. The van der Waals surface area contributed by atoms with Gasteiger partial charge in [0.15, 0.2) is 0 Å². The van der Waals surface area contributed by atoms with Gasteiger partial charge in [-0.1, -0.05) is 11.6 Å². The molecule has 0 radical (unpaired) electrons. The molecule has 0 atom stereocenters. The van der Waals surface area contributed by atoms with Gasteiger partial charge in [-0.25, -0.2) is 0 Å². The van der Waals surface area contributed by atoms with Crippen LogP contribution >= 0.6 is 30.4 Å². The van der Waals surface area contributed by atoms with E-state index in [2.05, 4.69) is 0 Å². The van der Waals surface area contributed by atoms with Crippen molar-refractivity contribution in [3.63, 3.8) is 0 Å². The molecule has 0 heterocycles. The Morgan fingerprint density at radius 2 is 1.58 bits per heavy atom. The van der Waals surface area contributed by atoms with E-state index in [1.165, 1.54) is 0 Å². The monoisotopic (exact) mass is 407 g/mol. The summed E-state index contributed by atoms with van der Waals surface area (Å²) in [5.74, 6) is 0. The van der Waals surface area contributed by atoms with Gasteiger partial charge in [0.1, 0.15) is 0 Å². The van der Waals surface area contributed by atoms with Crippen LogP contribution < -0.4 is 11.5 Å². The van der Waals surface area contributed by atoms with Crippen molar-refractivity contribution < 1.29 is 16.5 Å². The van der Waals surface area contributed by atoms with Crippen LogP contribution in [0.4, 0.5) is 11.4 Å². The fourth-order valence-corrected chi connectivity index (χ4v) is 0.726. The minimum atomic E-state index is -0.472. The molecule has 2 nitrogen and oxygen atoms in total. The molecule has 0 aliphatic heterocycles. The molecule has 72 valence electrons. The molecule has 12 heavy (non-hydrogen) atoms. The summed E-state index contributed by atoms with van der Waals surface area (Å²) in [5, 5.41) is 0.613. The molecule has 0 unspecified atom stereocenters. The van der Waals surface area contributed by atoms with Gasteiger partial charge < -0.3 is 11.5 Å². The van der Waals surface area contributed by atoms with Crippen molar-refractivity contribution in [2.75, 3.05) is 11.5 Å². The van der Waals surface area contributed by atoms with E-state index in [9.17, 15) is 0 Å². The molecule has 0 spiro atoms. The zero-order valence-electron chi connectivity index (χ0n) is 5.84. The van der Waals surface area contributed by atoms with Crippen LogP contribution in [-0.4, -0.2) is 0 Å². The van der Waals surface area contributed by atoms with E-state index < -0.39 is 16.5 Å². The van der Waals surface area contributed by atoms with Gasteiger partial charge >= 0.3 is 35.3 Å². The molecule has 0 aliphatic carbocycles. The van der Waals surface area contributed by atoms with Crippen molar-refractivity contribution in [1.82, 2.24) is 0 Å². The number of hydrogen-bond acceptors (Lipinski definition) is 2. The van der Waals surface area contributed by atoms with Crippen LogP contribution in [0, 0.1) is 0 Å². The first-order valence-corrected chi connectivity index (χ1v) is 8.75. The van der Waals surface area contributed by atoms with E-state index in [0.717, 1.165) is 0 Å². The van der Waals surface area contributed by atoms with Gasteiger partial charge in [-0.05, 0) is 18.2 Å². The van der Waals surface area contributed by atoms with E-state index in [4.69, 9.17) is 41.9 Å². The molecular weight excluding hydrogens is 402 g/mol. The summed E-state index contributed by atoms with van der Waals surface area (Å²) in [6.07, 6.45) is 0. The van der Waals surface area contributed by atoms with Crippen LogP contribution in [0.1, 0.15) is 0 Å². The summed E-state index contributed by atoms with van der Waals surface area (Å²) in [5.41, 5.74) is 11.9. The SMILES string of the molecule is Nc1ccc(Cl)cc1N.[Cl][Pt][Cl]. The molecule has 1 rings (SSSR count). The third-order valence-corrected chi connectivity index (χ3v) is 1.28. The summed E-state index contributed by atoms with van der Waals surface area (Å²) >= 11 is 5.11. The quantitative estimate of drug-likeness (QED) is 0.649. The van der Waals surface area contributed by atoms with E-state index in [1.807, 2.05) is 0 Å². The van der Waals surface area contributed by atoms with Gasteiger partial charge in [0.2, 0.25) is 0 Å². The number of halogens is 3. The number of nitrogens with two attached hydrogens (primary N) is 2. The Balaban J connectivity index is 0.000000354. The molecule has 1 aromatic carbocycles. The Kier molecular flexibility index (Phi) is 7.06. The second-order valence-corrected chi connectivity index (χ2v) is 5.54. The van der Waals surface area contributed by atoms with E-state index in [0.29, 0.717) is 16.4 Å². The Labute approximate surface area is 92.5 Å². The van der Waals surface area contributed by atoms with Gasteiger partial charge in [0.25, 0.3) is 0 Å². The Morgan fingerprint density at radius 3 is 1.92 bits per heavy atom. The number of hydrogen-bond donors (Lipinski definition) is 2. The molecule has 1 aromatic rings. The average Bonchev–Trinajstić information content (AvgIpc) is 1.99. The van der Waals surface area contributed by atoms with Crippen LogP contribution in [0.3, 0.4) is 0 Å². The third kappa shape index (κ3) is 5.10. The predicted octanol–water partition coefficient (Wildman–Crippen LogP) is 2.88.